The zero-order chi connectivity index (χ0) is 20.1. The van der Waals surface area contributed by atoms with E-state index in [1.54, 1.807) is 13.1 Å². The summed E-state index contributed by atoms with van der Waals surface area (Å²) in [7, 11) is 1.60. The number of halogens is 4. The van der Waals surface area contributed by atoms with Crippen LogP contribution in [-0.4, -0.2) is 37.1 Å². The summed E-state index contributed by atoms with van der Waals surface area (Å²) in [5.41, 5.74) is -0.0489. The number of alkyl halides is 3. The van der Waals surface area contributed by atoms with Gasteiger partial charge in [0.2, 0.25) is 0 Å². The predicted octanol–water partition coefficient (Wildman–Crippen LogP) is 3.64. The number of benzene rings is 1. The maximum Gasteiger partial charge on any atom is 0.434 e. The van der Waals surface area contributed by atoms with E-state index >= 15 is 0 Å². The monoisotopic (exact) mass is 415 g/mol. The smallest absolute Gasteiger partial charge is 0.369 e. The average molecular weight is 415 g/mol. The lowest BCUT2D eigenvalue weighted by molar-refractivity contribution is -0.140. The van der Waals surface area contributed by atoms with E-state index in [2.05, 4.69) is 25.5 Å². The summed E-state index contributed by atoms with van der Waals surface area (Å²) in [6.45, 7) is 1.67. The normalized spacial score (nSPS) is 18.2. The van der Waals surface area contributed by atoms with Crippen molar-refractivity contribution < 1.29 is 17.6 Å². The van der Waals surface area contributed by atoms with Crippen LogP contribution in [0.4, 0.5) is 23.2 Å². The molecule has 0 aliphatic carbocycles. The fourth-order valence-electron chi connectivity index (χ4n) is 3.07. The van der Waals surface area contributed by atoms with Crippen LogP contribution in [0.15, 0.2) is 34.6 Å². The Morgan fingerprint density at radius 3 is 2.89 bits per heavy atom. The van der Waals surface area contributed by atoms with Crippen LogP contribution < -0.4 is 15.5 Å². The SMILES string of the molecule is CN=C(NCc1nc(C(F)(F)F)cs1)NC1CCCN(c2cccc(F)c2)C1. The van der Waals surface area contributed by atoms with Gasteiger partial charge in [-0.1, -0.05) is 6.07 Å². The highest BCUT2D eigenvalue weighted by molar-refractivity contribution is 7.09. The van der Waals surface area contributed by atoms with E-state index in [1.165, 1.54) is 12.1 Å². The summed E-state index contributed by atoms with van der Waals surface area (Å²) in [6, 6.07) is 6.57. The Morgan fingerprint density at radius 1 is 1.39 bits per heavy atom. The molecule has 1 fully saturated rings. The zero-order valence-electron chi connectivity index (χ0n) is 15.3. The third-order valence-electron chi connectivity index (χ3n) is 4.41. The quantitative estimate of drug-likeness (QED) is 0.455. The Morgan fingerprint density at radius 2 is 2.21 bits per heavy atom. The zero-order valence-corrected chi connectivity index (χ0v) is 16.1. The van der Waals surface area contributed by atoms with Gasteiger partial charge in [-0.25, -0.2) is 9.37 Å². The molecule has 1 aromatic carbocycles. The molecule has 2 aromatic rings. The first-order valence-electron chi connectivity index (χ1n) is 8.84. The van der Waals surface area contributed by atoms with Crippen molar-refractivity contribution in [2.45, 2.75) is 31.6 Å². The number of aromatic nitrogens is 1. The van der Waals surface area contributed by atoms with E-state index in [0.717, 1.165) is 41.8 Å². The first-order chi connectivity index (χ1) is 13.3. The van der Waals surface area contributed by atoms with Gasteiger partial charge in [-0.2, -0.15) is 13.2 Å². The minimum absolute atomic E-state index is 0.0882. The average Bonchev–Trinajstić information content (AvgIpc) is 3.15. The van der Waals surface area contributed by atoms with E-state index in [1.807, 2.05) is 6.07 Å². The van der Waals surface area contributed by atoms with Crippen LogP contribution in [0, 0.1) is 5.82 Å². The summed E-state index contributed by atoms with van der Waals surface area (Å²) < 4.78 is 51.4. The number of thiazole rings is 1. The second kappa shape index (κ2) is 8.76. The molecule has 1 aliphatic heterocycles. The van der Waals surface area contributed by atoms with Crippen LogP contribution in [0.1, 0.15) is 23.5 Å². The molecule has 0 amide bonds. The highest BCUT2D eigenvalue weighted by atomic mass is 32.1. The van der Waals surface area contributed by atoms with Crippen LogP contribution in [0.3, 0.4) is 0 Å². The maximum absolute atomic E-state index is 13.5. The third-order valence-corrected chi connectivity index (χ3v) is 5.26. The number of hydrogen-bond donors (Lipinski definition) is 2. The van der Waals surface area contributed by atoms with Crippen molar-refractivity contribution in [1.82, 2.24) is 15.6 Å². The summed E-state index contributed by atoms with van der Waals surface area (Å²) in [6.07, 6.45) is -2.58. The Bertz CT molecular complexity index is 820. The van der Waals surface area contributed by atoms with Crippen molar-refractivity contribution in [2.24, 2.45) is 4.99 Å². The molecule has 152 valence electrons. The topological polar surface area (TPSA) is 52.6 Å². The summed E-state index contributed by atoms with van der Waals surface area (Å²) >= 11 is 0.954. The van der Waals surface area contributed by atoms with Crippen molar-refractivity contribution in [3.05, 3.63) is 46.2 Å². The molecule has 0 bridgehead atoms. The van der Waals surface area contributed by atoms with Gasteiger partial charge in [0.15, 0.2) is 11.7 Å². The molecule has 2 heterocycles. The molecule has 1 saturated heterocycles. The summed E-state index contributed by atoms with van der Waals surface area (Å²) in [4.78, 5) is 9.84. The van der Waals surface area contributed by atoms with Crippen LogP contribution in [0.2, 0.25) is 0 Å². The van der Waals surface area contributed by atoms with Crippen molar-refractivity contribution in [2.75, 3.05) is 25.0 Å². The second-order valence-corrected chi connectivity index (χ2v) is 7.40. The highest BCUT2D eigenvalue weighted by Crippen LogP contribution is 2.30. The summed E-state index contributed by atoms with van der Waals surface area (Å²) in [5.74, 6) is 0.224. The Kier molecular flexibility index (Phi) is 6.38. The molecule has 0 saturated carbocycles. The minimum Gasteiger partial charge on any atom is -0.369 e. The molecule has 1 aromatic heterocycles. The molecule has 1 unspecified atom stereocenters. The summed E-state index contributed by atoms with van der Waals surface area (Å²) in [5, 5.41) is 7.63. The van der Waals surface area contributed by atoms with Gasteiger partial charge in [0.25, 0.3) is 0 Å². The Labute approximate surface area is 164 Å². The van der Waals surface area contributed by atoms with Gasteiger partial charge in [-0.3, -0.25) is 4.99 Å². The van der Waals surface area contributed by atoms with Crippen molar-refractivity contribution in [3.63, 3.8) is 0 Å². The van der Waals surface area contributed by atoms with Crippen molar-refractivity contribution in [3.8, 4) is 0 Å². The standard InChI is InChI=1S/C18H21F4N5S/c1-23-17(24-9-16-26-15(11-28-16)18(20,21)22)25-13-5-3-7-27(10-13)14-6-2-4-12(19)8-14/h2,4,6,8,11,13H,3,5,7,9-10H2,1H3,(H2,23,24,25). The van der Waals surface area contributed by atoms with E-state index in [9.17, 15) is 17.6 Å². The fourth-order valence-corrected chi connectivity index (χ4v) is 3.81. The first kappa shape index (κ1) is 20.4. The fraction of sp³-hybridized carbons (Fsp3) is 0.444. The molecule has 10 heteroatoms. The number of anilines is 1. The molecule has 0 radical (unpaired) electrons. The number of nitrogens with zero attached hydrogens (tertiary/aromatic N) is 3. The lowest BCUT2D eigenvalue weighted by atomic mass is 10.0. The molecule has 3 rings (SSSR count). The van der Waals surface area contributed by atoms with Gasteiger partial charge < -0.3 is 15.5 Å². The first-order valence-corrected chi connectivity index (χ1v) is 9.72. The molecule has 5 nitrogen and oxygen atoms in total. The maximum atomic E-state index is 13.5. The van der Waals surface area contributed by atoms with E-state index in [-0.39, 0.29) is 18.4 Å². The molecule has 2 N–H and O–H groups in total. The Balaban J connectivity index is 1.55. The van der Waals surface area contributed by atoms with Gasteiger partial charge in [-0.15, -0.1) is 11.3 Å². The molecular weight excluding hydrogens is 394 g/mol. The van der Waals surface area contributed by atoms with Crippen LogP contribution >= 0.6 is 11.3 Å². The number of nitrogens with one attached hydrogen (secondary N) is 2. The minimum atomic E-state index is -4.43. The highest BCUT2D eigenvalue weighted by Gasteiger charge is 2.33. The predicted molar refractivity (Wildman–Crippen MR) is 102 cm³/mol. The molecular formula is C18H21F4N5S. The van der Waals surface area contributed by atoms with Gasteiger partial charge in [0.1, 0.15) is 10.8 Å². The Hall–Kier alpha value is -2.36. The van der Waals surface area contributed by atoms with E-state index in [0.29, 0.717) is 17.5 Å². The molecule has 1 aliphatic rings. The van der Waals surface area contributed by atoms with E-state index in [4.69, 9.17) is 0 Å². The number of rotatable bonds is 4. The van der Waals surface area contributed by atoms with Crippen molar-refractivity contribution >= 4 is 23.0 Å². The van der Waals surface area contributed by atoms with Crippen molar-refractivity contribution in [1.29, 1.82) is 0 Å². The van der Waals surface area contributed by atoms with Crippen LogP contribution in [0.5, 0.6) is 0 Å². The van der Waals surface area contributed by atoms with Gasteiger partial charge in [0, 0.05) is 37.2 Å². The third kappa shape index (κ3) is 5.34. The molecule has 28 heavy (non-hydrogen) atoms. The van der Waals surface area contributed by atoms with Gasteiger partial charge in [-0.05, 0) is 31.0 Å². The number of aliphatic imine (C=N–C) groups is 1. The number of hydrogen-bond acceptors (Lipinski definition) is 4. The molecule has 0 spiro atoms. The van der Waals surface area contributed by atoms with Gasteiger partial charge >= 0.3 is 6.18 Å². The second-order valence-electron chi connectivity index (χ2n) is 6.46. The van der Waals surface area contributed by atoms with Gasteiger partial charge in [0.05, 0.1) is 6.54 Å². The van der Waals surface area contributed by atoms with E-state index < -0.39 is 11.9 Å². The van der Waals surface area contributed by atoms with Crippen LogP contribution in [-0.2, 0) is 12.7 Å². The molecule has 1 atom stereocenters. The number of guanidine groups is 1. The van der Waals surface area contributed by atoms with Crippen LogP contribution in [0.25, 0.3) is 0 Å². The largest absolute Gasteiger partial charge is 0.434 e. The number of piperidine rings is 1. The lowest BCUT2D eigenvalue weighted by Crippen LogP contribution is -2.51. The lowest BCUT2D eigenvalue weighted by Gasteiger charge is -2.35.